The van der Waals surface area contributed by atoms with Crippen LogP contribution in [0.1, 0.15) is 38.2 Å². The van der Waals surface area contributed by atoms with Crippen LogP contribution in [0.25, 0.3) is 11.0 Å². The number of rotatable bonds is 7. The summed E-state index contributed by atoms with van der Waals surface area (Å²) in [6, 6.07) is 14.1. The number of imidazole rings is 1. The number of hydrogen-bond donors (Lipinski definition) is 2. The molecular formula is C28H30FN5O3. The Bertz CT molecular complexity index is 1430. The van der Waals surface area contributed by atoms with E-state index in [2.05, 4.69) is 34.4 Å². The lowest BCUT2D eigenvalue weighted by Gasteiger charge is -2.21. The van der Waals surface area contributed by atoms with Crippen molar-refractivity contribution in [2.75, 3.05) is 23.8 Å². The second-order valence-corrected chi connectivity index (χ2v) is 9.52. The quantitative estimate of drug-likeness (QED) is 0.315. The van der Waals surface area contributed by atoms with E-state index in [9.17, 15) is 9.18 Å². The van der Waals surface area contributed by atoms with E-state index >= 15 is 0 Å². The van der Waals surface area contributed by atoms with Gasteiger partial charge in [-0.15, -0.1) is 0 Å². The van der Waals surface area contributed by atoms with Crippen LogP contribution >= 0.6 is 0 Å². The van der Waals surface area contributed by atoms with Crippen molar-refractivity contribution in [2.45, 2.75) is 32.6 Å². The molecule has 0 atom stereocenters. The average Bonchev–Trinajstić information content (AvgIpc) is 3.20. The average molecular weight is 504 g/mol. The first-order chi connectivity index (χ1) is 17.9. The number of ether oxygens (including phenoxy) is 2. The number of aryl methyl sites for hydroxylation is 1. The van der Waals surface area contributed by atoms with Crippen molar-refractivity contribution in [3.05, 3.63) is 66.1 Å². The Morgan fingerprint density at radius 2 is 1.89 bits per heavy atom. The van der Waals surface area contributed by atoms with E-state index in [1.807, 2.05) is 35.9 Å². The molecule has 4 aromatic rings. The lowest BCUT2D eigenvalue weighted by molar-refractivity contribution is -0.122. The summed E-state index contributed by atoms with van der Waals surface area (Å²) in [6.07, 6.45) is 3.01. The minimum Gasteiger partial charge on any atom is -0.457 e. The molecule has 2 aromatic carbocycles. The van der Waals surface area contributed by atoms with Crippen molar-refractivity contribution in [2.24, 2.45) is 13.0 Å². The Kier molecular flexibility index (Phi) is 7.05. The number of halogens is 1. The van der Waals surface area contributed by atoms with Crippen LogP contribution < -0.4 is 15.4 Å². The zero-order valence-electron chi connectivity index (χ0n) is 21.1. The maximum atomic E-state index is 14.5. The van der Waals surface area contributed by atoms with Gasteiger partial charge in [-0.3, -0.25) is 4.79 Å². The van der Waals surface area contributed by atoms with Crippen LogP contribution in [0.2, 0.25) is 0 Å². The lowest BCUT2D eigenvalue weighted by Crippen LogP contribution is -2.28. The molecule has 0 radical (unpaired) electrons. The molecule has 0 spiro atoms. The number of aromatic nitrogens is 3. The van der Waals surface area contributed by atoms with Crippen LogP contribution in [0.4, 0.5) is 21.8 Å². The molecule has 5 rings (SSSR count). The molecule has 0 bridgehead atoms. The maximum absolute atomic E-state index is 14.5. The first-order valence-corrected chi connectivity index (χ1v) is 12.4. The van der Waals surface area contributed by atoms with Crippen LogP contribution in [0, 0.1) is 11.7 Å². The maximum Gasteiger partial charge on any atom is 0.228 e. The standard InChI is InChI=1S/C28H30FN5O3/c1-17(2)19-4-6-22(29)23(14-19)31-28-32-24-15-20(5-7-25(24)34(28)3)37-21-8-11-30-26(16-21)33-27(35)18-9-12-36-13-10-18/h4-8,11,14-18H,9-10,12-13H2,1-3H3,(H,31,32)(H,30,33,35). The molecule has 1 aliphatic rings. The summed E-state index contributed by atoms with van der Waals surface area (Å²) in [5.74, 6) is 1.90. The summed E-state index contributed by atoms with van der Waals surface area (Å²) in [5.41, 5.74) is 2.99. The Labute approximate surface area is 214 Å². The highest BCUT2D eigenvalue weighted by atomic mass is 19.1. The third kappa shape index (κ3) is 5.56. The normalized spacial score (nSPS) is 14.2. The Morgan fingerprint density at radius 3 is 2.68 bits per heavy atom. The molecule has 37 heavy (non-hydrogen) atoms. The summed E-state index contributed by atoms with van der Waals surface area (Å²) in [4.78, 5) is 21.4. The second kappa shape index (κ2) is 10.6. The number of carbonyl (C=O) groups excluding carboxylic acids is 1. The topological polar surface area (TPSA) is 90.3 Å². The molecule has 0 saturated carbocycles. The van der Waals surface area contributed by atoms with E-state index in [1.54, 1.807) is 24.4 Å². The molecule has 0 unspecified atom stereocenters. The summed E-state index contributed by atoms with van der Waals surface area (Å²) in [5, 5.41) is 6.00. The SMILES string of the molecule is CC(C)c1ccc(F)c(Nc2nc3cc(Oc4ccnc(NC(=O)C5CCOCC5)c4)ccc3n2C)c1. The van der Waals surface area contributed by atoms with Crippen LogP contribution in [-0.2, 0) is 16.6 Å². The van der Waals surface area contributed by atoms with E-state index < -0.39 is 0 Å². The molecule has 1 amide bonds. The van der Waals surface area contributed by atoms with Gasteiger partial charge in [-0.25, -0.2) is 14.4 Å². The fraction of sp³-hybridized carbons (Fsp3) is 0.321. The van der Waals surface area contributed by atoms with Crippen LogP contribution in [0.15, 0.2) is 54.7 Å². The second-order valence-electron chi connectivity index (χ2n) is 9.52. The first-order valence-electron chi connectivity index (χ1n) is 12.4. The monoisotopic (exact) mass is 503 g/mol. The van der Waals surface area contributed by atoms with E-state index in [0.29, 0.717) is 60.5 Å². The minimum atomic E-state index is -0.335. The number of anilines is 3. The van der Waals surface area contributed by atoms with Gasteiger partial charge < -0.3 is 24.7 Å². The van der Waals surface area contributed by atoms with Crippen molar-refractivity contribution >= 4 is 34.4 Å². The van der Waals surface area contributed by atoms with E-state index in [4.69, 9.17) is 9.47 Å². The van der Waals surface area contributed by atoms with Gasteiger partial charge in [0.05, 0.1) is 16.7 Å². The molecule has 1 saturated heterocycles. The molecule has 1 fully saturated rings. The zero-order valence-corrected chi connectivity index (χ0v) is 21.1. The highest BCUT2D eigenvalue weighted by molar-refractivity contribution is 5.91. The van der Waals surface area contributed by atoms with Gasteiger partial charge in [0.2, 0.25) is 11.9 Å². The Hall–Kier alpha value is -3.98. The Morgan fingerprint density at radius 1 is 1.11 bits per heavy atom. The number of pyridine rings is 1. The molecule has 2 N–H and O–H groups in total. The van der Waals surface area contributed by atoms with Gasteiger partial charge in [-0.1, -0.05) is 19.9 Å². The number of carbonyl (C=O) groups is 1. The van der Waals surface area contributed by atoms with Crippen molar-refractivity contribution in [3.63, 3.8) is 0 Å². The van der Waals surface area contributed by atoms with Gasteiger partial charge in [0.25, 0.3) is 0 Å². The van der Waals surface area contributed by atoms with E-state index in [-0.39, 0.29) is 23.6 Å². The van der Waals surface area contributed by atoms with Gasteiger partial charge in [-0.2, -0.15) is 0 Å². The fourth-order valence-corrected chi connectivity index (χ4v) is 4.34. The molecule has 8 nitrogen and oxygen atoms in total. The predicted molar refractivity (Wildman–Crippen MR) is 141 cm³/mol. The van der Waals surface area contributed by atoms with Gasteiger partial charge in [0.15, 0.2) is 0 Å². The fourth-order valence-electron chi connectivity index (χ4n) is 4.34. The minimum absolute atomic E-state index is 0.0572. The summed E-state index contributed by atoms with van der Waals surface area (Å²) in [6.45, 7) is 5.33. The number of benzene rings is 2. The summed E-state index contributed by atoms with van der Waals surface area (Å²) < 4.78 is 27.7. The lowest BCUT2D eigenvalue weighted by atomic mass is 9.99. The van der Waals surface area contributed by atoms with Gasteiger partial charge >= 0.3 is 0 Å². The molecule has 3 heterocycles. The molecular weight excluding hydrogens is 473 g/mol. The third-order valence-electron chi connectivity index (χ3n) is 6.57. The van der Waals surface area contributed by atoms with Gasteiger partial charge in [0, 0.05) is 44.5 Å². The number of nitrogens with one attached hydrogen (secondary N) is 2. The van der Waals surface area contributed by atoms with Crippen molar-refractivity contribution in [1.82, 2.24) is 14.5 Å². The molecule has 1 aliphatic heterocycles. The predicted octanol–water partition coefficient (Wildman–Crippen LogP) is 6.13. The van der Waals surface area contributed by atoms with Gasteiger partial charge in [-0.05, 0) is 54.7 Å². The van der Waals surface area contributed by atoms with Gasteiger partial charge in [0.1, 0.15) is 23.1 Å². The molecule has 9 heteroatoms. The van der Waals surface area contributed by atoms with Crippen LogP contribution in [0.3, 0.4) is 0 Å². The number of nitrogens with zero attached hydrogens (tertiary/aromatic N) is 3. The smallest absolute Gasteiger partial charge is 0.228 e. The zero-order chi connectivity index (χ0) is 25.9. The number of amides is 1. The third-order valence-corrected chi connectivity index (χ3v) is 6.57. The van der Waals surface area contributed by atoms with Crippen LogP contribution in [-0.4, -0.2) is 33.7 Å². The first kappa shape index (κ1) is 24.7. The van der Waals surface area contributed by atoms with Crippen molar-refractivity contribution in [3.8, 4) is 11.5 Å². The molecule has 2 aromatic heterocycles. The van der Waals surface area contributed by atoms with E-state index in [0.717, 1.165) is 11.1 Å². The molecule has 192 valence electrons. The largest absolute Gasteiger partial charge is 0.457 e. The van der Waals surface area contributed by atoms with Crippen molar-refractivity contribution in [1.29, 1.82) is 0 Å². The van der Waals surface area contributed by atoms with E-state index in [1.165, 1.54) is 6.07 Å². The summed E-state index contributed by atoms with van der Waals surface area (Å²) in [7, 11) is 1.87. The van der Waals surface area contributed by atoms with Crippen molar-refractivity contribution < 1.29 is 18.7 Å². The number of hydrogen-bond acceptors (Lipinski definition) is 6. The Balaban J connectivity index is 1.32. The molecule has 0 aliphatic carbocycles. The highest BCUT2D eigenvalue weighted by Gasteiger charge is 2.22. The highest BCUT2D eigenvalue weighted by Crippen LogP contribution is 2.30. The summed E-state index contributed by atoms with van der Waals surface area (Å²) >= 11 is 0. The number of fused-ring (bicyclic) bond motifs is 1. The van der Waals surface area contributed by atoms with Crippen LogP contribution in [0.5, 0.6) is 11.5 Å².